The summed E-state index contributed by atoms with van der Waals surface area (Å²) in [6.45, 7) is 0.188. The maximum atomic E-state index is 11.2. The summed E-state index contributed by atoms with van der Waals surface area (Å²) >= 11 is 0. The number of rotatable bonds is 4. The van der Waals surface area contributed by atoms with Crippen molar-refractivity contribution in [2.24, 2.45) is 5.73 Å². The number of nitrogens with zero attached hydrogens (tertiary/aromatic N) is 1. The van der Waals surface area contributed by atoms with Crippen molar-refractivity contribution in [2.45, 2.75) is 25.3 Å². The normalized spacial score (nSPS) is 18.1. The highest BCUT2D eigenvalue weighted by Crippen LogP contribution is 2.12. The lowest BCUT2D eigenvalue weighted by Crippen LogP contribution is -2.38. The lowest BCUT2D eigenvalue weighted by Gasteiger charge is -2.15. The van der Waals surface area contributed by atoms with Crippen LogP contribution in [-0.4, -0.2) is 42.4 Å². The van der Waals surface area contributed by atoms with E-state index in [0.717, 1.165) is 4.90 Å². The van der Waals surface area contributed by atoms with Crippen LogP contribution in [0.1, 0.15) is 19.3 Å². The number of likely N-dealkylation sites (tertiary alicyclic amines) is 1. The summed E-state index contributed by atoms with van der Waals surface area (Å²) < 4.78 is 4.43. The molecule has 0 aromatic carbocycles. The van der Waals surface area contributed by atoms with Gasteiger partial charge in [0.25, 0.3) is 0 Å². The fourth-order valence-electron chi connectivity index (χ4n) is 1.41. The van der Waals surface area contributed by atoms with Crippen molar-refractivity contribution >= 4 is 17.8 Å². The first kappa shape index (κ1) is 11.6. The van der Waals surface area contributed by atoms with Crippen LogP contribution < -0.4 is 5.73 Å². The Kier molecular flexibility index (Phi) is 3.79. The Balaban J connectivity index is 2.39. The van der Waals surface area contributed by atoms with Crippen LogP contribution in [0.3, 0.4) is 0 Å². The van der Waals surface area contributed by atoms with Crippen molar-refractivity contribution in [1.82, 2.24) is 4.90 Å². The second kappa shape index (κ2) is 4.88. The largest absolute Gasteiger partial charge is 0.468 e. The van der Waals surface area contributed by atoms with Gasteiger partial charge in [-0.3, -0.25) is 19.3 Å². The molecular formula is C9H14N2O4. The van der Waals surface area contributed by atoms with Crippen molar-refractivity contribution in [1.29, 1.82) is 0 Å². The minimum atomic E-state index is -0.781. The van der Waals surface area contributed by atoms with Crippen LogP contribution in [0.4, 0.5) is 0 Å². The minimum Gasteiger partial charge on any atom is -0.468 e. The molecule has 1 fully saturated rings. The maximum absolute atomic E-state index is 11.2. The van der Waals surface area contributed by atoms with Gasteiger partial charge < -0.3 is 10.5 Å². The Hall–Kier alpha value is -1.43. The van der Waals surface area contributed by atoms with Crippen molar-refractivity contribution in [3.05, 3.63) is 0 Å². The van der Waals surface area contributed by atoms with Crippen LogP contribution in [-0.2, 0) is 19.1 Å². The molecule has 0 aromatic rings. The van der Waals surface area contributed by atoms with Gasteiger partial charge in [-0.15, -0.1) is 0 Å². The molecule has 2 N–H and O–H groups in total. The van der Waals surface area contributed by atoms with Crippen molar-refractivity contribution < 1.29 is 19.1 Å². The van der Waals surface area contributed by atoms with Gasteiger partial charge in [0.15, 0.2) is 0 Å². The van der Waals surface area contributed by atoms with Crippen LogP contribution in [0.2, 0.25) is 0 Å². The lowest BCUT2D eigenvalue weighted by molar-refractivity contribution is -0.144. The lowest BCUT2D eigenvalue weighted by atomic mass is 10.2. The highest BCUT2D eigenvalue weighted by molar-refractivity contribution is 6.01. The van der Waals surface area contributed by atoms with Crippen LogP contribution in [0.15, 0.2) is 0 Å². The van der Waals surface area contributed by atoms with Gasteiger partial charge in [-0.2, -0.15) is 0 Å². The molecule has 1 atom stereocenters. The van der Waals surface area contributed by atoms with Gasteiger partial charge in [0.05, 0.1) is 7.11 Å². The van der Waals surface area contributed by atoms with Crippen LogP contribution >= 0.6 is 0 Å². The molecule has 0 aliphatic carbocycles. The van der Waals surface area contributed by atoms with Crippen molar-refractivity contribution in [2.75, 3.05) is 13.7 Å². The van der Waals surface area contributed by atoms with E-state index >= 15 is 0 Å². The highest BCUT2D eigenvalue weighted by Gasteiger charge is 2.29. The van der Waals surface area contributed by atoms with Gasteiger partial charge in [-0.25, -0.2) is 0 Å². The number of nitrogens with two attached hydrogens (primary N) is 1. The molecule has 0 saturated carbocycles. The quantitative estimate of drug-likeness (QED) is 0.480. The zero-order valence-electron chi connectivity index (χ0n) is 8.56. The SMILES string of the molecule is COC(=O)C(N)CCN1C(=O)CCC1=O. The average Bonchev–Trinajstić information content (AvgIpc) is 2.54. The third kappa shape index (κ3) is 2.76. The van der Waals surface area contributed by atoms with Gasteiger partial charge in [0.2, 0.25) is 11.8 Å². The summed E-state index contributed by atoms with van der Waals surface area (Å²) in [6, 6.07) is -0.781. The molecule has 84 valence electrons. The molecule has 0 bridgehead atoms. The minimum absolute atomic E-state index is 0.188. The number of methoxy groups -OCH3 is 1. The van der Waals surface area contributed by atoms with E-state index in [1.165, 1.54) is 7.11 Å². The number of ether oxygens (including phenoxy) is 1. The Morgan fingerprint density at radius 3 is 2.47 bits per heavy atom. The average molecular weight is 214 g/mol. The Morgan fingerprint density at radius 2 is 2.00 bits per heavy atom. The van der Waals surface area contributed by atoms with Crippen molar-refractivity contribution in [3.63, 3.8) is 0 Å². The molecule has 1 rings (SSSR count). The number of hydrogen-bond donors (Lipinski definition) is 1. The van der Waals surface area contributed by atoms with E-state index < -0.39 is 12.0 Å². The van der Waals surface area contributed by atoms with E-state index in [4.69, 9.17) is 5.73 Å². The van der Waals surface area contributed by atoms with E-state index in [-0.39, 0.29) is 37.6 Å². The van der Waals surface area contributed by atoms with E-state index in [9.17, 15) is 14.4 Å². The second-order valence-electron chi connectivity index (χ2n) is 3.36. The zero-order valence-corrected chi connectivity index (χ0v) is 8.56. The van der Waals surface area contributed by atoms with Crippen LogP contribution in [0.25, 0.3) is 0 Å². The van der Waals surface area contributed by atoms with Crippen LogP contribution in [0, 0.1) is 0 Å². The number of imide groups is 1. The molecule has 1 heterocycles. The first-order valence-electron chi connectivity index (χ1n) is 4.73. The zero-order chi connectivity index (χ0) is 11.4. The summed E-state index contributed by atoms with van der Waals surface area (Å²) in [5.74, 6) is -0.928. The fourth-order valence-corrected chi connectivity index (χ4v) is 1.41. The summed E-state index contributed by atoms with van der Waals surface area (Å²) in [5.41, 5.74) is 5.47. The number of amides is 2. The van der Waals surface area contributed by atoms with Gasteiger partial charge in [0, 0.05) is 19.4 Å². The second-order valence-corrected chi connectivity index (χ2v) is 3.36. The Morgan fingerprint density at radius 1 is 1.47 bits per heavy atom. The molecule has 1 aliphatic rings. The number of carbonyl (C=O) groups is 3. The first-order valence-corrected chi connectivity index (χ1v) is 4.73. The molecule has 1 saturated heterocycles. The smallest absolute Gasteiger partial charge is 0.322 e. The molecule has 6 nitrogen and oxygen atoms in total. The highest BCUT2D eigenvalue weighted by atomic mass is 16.5. The Bertz CT molecular complexity index is 274. The summed E-state index contributed by atoms with van der Waals surface area (Å²) in [6.07, 6.45) is 0.753. The first-order chi connectivity index (χ1) is 7.06. The molecular weight excluding hydrogens is 200 g/mol. The summed E-state index contributed by atoms with van der Waals surface area (Å²) in [7, 11) is 1.24. The maximum Gasteiger partial charge on any atom is 0.322 e. The fraction of sp³-hybridized carbons (Fsp3) is 0.667. The monoisotopic (exact) mass is 214 g/mol. The molecule has 2 amide bonds. The van der Waals surface area contributed by atoms with E-state index in [2.05, 4.69) is 4.74 Å². The molecule has 0 radical (unpaired) electrons. The standard InChI is InChI=1S/C9H14N2O4/c1-15-9(14)6(10)4-5-11-7(12)2-3-8(11)13/h6H,2-5,10H2,1H3. The Labute approximate surface area is 87.4 Å². The summed E-state index contributed by atoms with van der Waals surface area (Å²) in [4.78, 5) is 34.5. The molecule has 15 heavy (non-hydrogen) atoms. The van der Waals surface area contributed by atoms with Crippen molar-refractivity contribution in [3.8, 4) is 0 Å². The topological polar surface area (TPSA) is 89.7 Å². The van der Waals surface area contributed by atoms with Gasteiger partial charge in [0.1, 0.15) is 6.04 Å². The van der Waals surface area contributed by atoms with E-state index in [1.807, 2.05) is 0 Å². The third-order valence-electron chi connectivity index (χ3n) is 2.32. The number of esters is 1. The molecule has 0 spiro atoms. The predicted molar refractivity (Wildman–Crippen MR) is 50.6 cm³/mol. The van der Waals surface area contributed by atoms with Gasteiger partial charge >= 0.3 is 5.97 Å². The summed E-state index contributed by atoms with van der Waals surface area (Å²) in [5, 5.41) is 0. The van der Waals surface area contributed by atoms with Crippen LogP contribution in [0.5, 0.6) is 0 Å². The number of hydrogen-bond acceptors (Lipinski definition) is 5. The van der Waals surface area contributed by atoms with E-state index in [0.29, 0.717) is 0 Å². The van der Waals surface area contributed by atoms with Gasteiger partial charge in [-0.05, 0) is 6.42 Å². The molecule has 1 unspecified atom stereocenters. The third-order valence-corrected chi connectivity index (χ3v) is 2.32. The van der Waals surface area contributed by atoms with Gasteiger partial charge in [-0.1, -0.05) is 0 Å². The molecule has 6 heteroatoms. The van der Waals surface area contributed by atoms with E-state index in [1.54, 1.807) is 0 Å². The molecule has 0 aromatic heterocycles. The molecule has 1 aliphatic heterocycles. The predicted octanol–water partition coefficient (Wildman–Crippen LogP) is -0.974. The number of carbonyl (C=O) groups excluding carboxylic acids is 3.